The summed E-state index contributed by atoms with van der Waals surface area (Å²) in [6.45, 7) is 0.785. The third-order valence-corrected chi connectivity index (χ3v) is 5.72. The molecule has 7 nitrogen and oxygen atoms in total. The summed E-state index contributed by atoms with van der Waals surface area (Å²) in [7, 11) is 1.69. The van der Waals surface area contributed by atoms with Crippen LogP contribution in [0, 0.1) is 0 Å². The summed E-state index contributed by atoms with van der Waals surface area (Å²) in [4.78, 5) is 37.4. The molecule has 1 aliphatic rings. The van der Waals surface area contributed by atoms with Gasteiger partial charge in [0.05, 0.1) is 11.0 Å². The van der Waals surface area contributed by atoms with Crippen molar-refractivity contribution >= 4 is 22.8 Å². The van der Waals surface area contributed by atoms with Crippen LogP contribution in [-0.4, -0.2) is 27.6 Å². The Morgan fingerprint density at radius 3 is 2.14 bits per heavy atom. The minimum absolute atomic E-state index is 0.291. The van der Waals surface area contributed by atoms with Crippen LogP contribution in [0.15, 0.2) is 23.0 Å². The van der Waals surface area contributed by atoms with Crippen molar-refractivity contribution in [3.05, 3.63) is 34.2 Å². The Morgan fingerprint density at radius 2 is 1.48 bits per heavy atom. The Bertz CT molecular complexity index is 912. The Morgan fingerprint density at radius 1 is 0.862 bits per heavy atom. The molecule has 1 aromatic heterocycles. The van der Waals surface area contributed by atoms with Gasteiger partial charge in [0.25, 0.3) is 0 Å². The second kappa shape index (κ2) is 9.87. The zero-order valence-electron chi connectivity index (χ0n) is 17.4. The van der Waals surface area contributed by atoms with Crippen molar-refractivity contribution in [3.63, 3.8) is 0 Å². The minimum Gasteiger partial charge on any atom is -0.330 e. The minimum atomic E-state index is -0.363. The number of imidazole rings is 1. The van der Waals surface area contributed by atoms with Gasteiger partial charge >= 0.3 is 5.69 Å². The predicted molar refractivity (Wildman–Crippen MR) is 114 cm³/mol. The molecule has 0 radical (unpaired) electrons. The van der Waals surface area contributed by atoms with Crippen LogP contribution in [0.25, 0.3) is 11.0 Å². The third-order valence-electron chi connectivity index (χ3n) is 5.72. The maximum Gasteiger partial charge on any atom is 0.348 e. The van der Waals surface area contributed by atoms with E-state index in [2.05, 4.69) is 0 Å². The highest BCUT2D eigenvalue weighted by atomic mass is 16.2. The number of imide groups is 1. The van der Waals surface area contributed by atoms with Gasteiger partial charge in [-0.15, -0.1) is 0 Å². The normalized spacial score (nSPS) is 14.9. The largest absolute Gasteiger partial charge is 0.348 e. The first-order valence-corrected chi connectivity index (χ1v) is 10.8. The van der Waals surface area contributed by atoms with Crippen molar-refractivity contribution in [2.24, 2.45) is 12.8 Å². The lowest BCUT2D eigenvalue weighted by molar-refractivity contribution is -0.131. The SMILES string of the molecule is Cn1c(=O)n(N2C(=O)CCCC2=O)c2ccc(CCCCCCCCCN)cc21. The van der Waals surface area contributed by atoms with Crippen LogP contribution in [0.4, 0.5) is 0 Å². The summed E-state index contributed by atoms with van der Waals surface area (Å²) < 4.78 is 2.76. The lowest BCUT2D eigenvalue weighted by Gasteiger charge is -2.25. The van der Waals surface area contributed by atoms with E-state index in [1.807, 2.05) is 18.2 Å². The van der Waals surface area contributed by atoms with E-state index in [0.29, 0.717) is 24.8 Å². The Kier molecular flexibility index (Phi) is 7.25. The van der Waals surface area contributed by atoms with Crippen LogP contribution in [0.2, 0.25) is 0 Å². The van der Waals surface area contributed by atoms with E-state index in [4.69, 9.17) is 5.73 Å². The fourth-order valence-electron chi connectivity index (χ4n) is 4.04. The van der Waals surface area contributed by atoms with E-state index >= 15 is 0 Å². The van der Waals surface area contributed by atoms with Crippen molar-refractivity contribution in [1.29, 1.82) is 0 Å². The number of benzene rings is 1. The molecule has 158 valence electrons. The standard InChI is InChI=1S/C22H32N4O3/c1-24-19-16-17(10-7-5-3-2-4-6-8-15-23)13-14-18(19)25(22(24)29)26-20(27)11-9-12-21(26)28/h13-14,16H,2-12,15,23H2,1H3. The van der Waals surface area contributed by atoms with E-state index in [1.54, 1.807) is 7.05 Å². The van der Waals surface area contributed by atoms with Gasteiger partial charge in [0, 0.05) is 19.9 Å². The maximum absolute atomic E-state index is 12.8. The summed E-state index contributed by atoms with van der Waals surface area (Å²) in [5, 5.41) is 1.03. The van der Waals surface area contributed by atoms with E-state index in [9.17, 15) is 14.4 Å². The fourth-order valence-corrected chi connectivity index (χ4v) is 4.04. The van der Waals surface area contributed by atoms with Crippen molar-refractivity contribution < 1.29 is 9.59 Å². The van der Waals surface area contributed by atoms with E-state index < -0.39 is 0 Å². The molecule has 0 bridgehead atoms. The number of nitrogens with two attached hydrogens (primary N) is 1. The molecule has 0 spiro atoms. The monoisotopic (exact) mass is 400 g/mol. The molecule has 0 unspecified atom stereocenters. The van der Waals surface area contributed by atoms with Crippen LogP contribution < -0.4 is 16.4 Å². The second-order valence-corrected chi connectivity index (χ2v) is 7.94. The van der Waals surface area contributed by atoms with Crippen LogP contribution in [0.5, 0.6) is 0 Å². The summed E-state index contributed by atoms with van der Waals surface area (Å²) in [6.07, 6.45) is 10.5. The van der Waals surface area contributed by atoms with Crippen LogP contribution in [-0.2, 0) is 23.1 Å². The number of carbonyl (C=O) groups is 2. The molecule has 0 aliphatic carbocycles. The molecule has 0 atom stereocenters. The van der Waals surface area contributed by atoms with Gasteiger partial charge in [-0.25, -0.2) is 4.79 Å². The summed E-state index contributed by atoms with van der Waals surface area (Å²) in [5.41, 5.74) is 7.67. The zero-order valence-corrected chi connectivity index (χ0v) is 17.4. The Labute approximate surface area is 171 Å². The molecule has 3 rings (SSSR count). The van der Waals surface area contributed by atoms with Crippen LogP contribution >= 0.6 is 0 Å². The molecule has 29 heavy (non-hydrogen) atoms. The van der Waals surface area contributed by atoms with Gasteiger partial charge in [0.2, 0.25) is 11.8 Å². The Hall–Kier alpha value is -2.41. The van der Waals surface area contributed by atoms with Gasteiger partial charge in [-0.1, -0.05) is 38.2 Å². The van der Waals surface area contributed by atoms with Gasteiger partial charge in [-0.05, 0) is 49.9 Å². The van der Waals surface area contributed by atoms with Crippen molar-refractivity contribution in [1.82, 2.24) is 9.24 Å². The number of aryl methyl sites for hydroxylation is 2. The molecule has 2 N–H and O–H groups in total. The highest BCUT2D eigenvalue weighted by molar-refractivity contribution is 6.10. The lowest BCUT2D eigenvalue weighted by Crippen LogP contribution is -2.52. The molecule has 1 aromatic carbocycles. The van der Waals surface area contributed by atoms with Crippen LogP contribution in [0.1, 0.15) is 69.8 Å². The third kappa shape index (κ3) is 4.78. The van der Waals surface area contributed by atoms with Crippen molar-refractivity contribution in [3.8, 4) is 0 Å². The number of aromatic nitrogens is 2. The molecule has 0 saturated carbocycles. The number of carbonyl (C=O) groups excluding carboxylic acids is 2. The molecule has 1 saturated heterocycles. The molecular formula is C22H32N4O3. The van der Waals surface area contributed by atoms with Crippen LogP contribution in [0.3, 0.4) is 0 Å². The van der Waals surface area contributed by atoms with Gasteiger partial charge in [-0.3, -0.25) is 14.2 Å². The lowest BCUT2D eigenvalue weighted by atomic mass is 10.0. The highest BCUT2D eigenvalue weighted by Gasteiger charge is 2.31. The highest BCUT2D eigenvalue weighted by Crippen LogP contribution is 2.20. The average Bonchev–Trinajstić information content (AvgIpc) is 2.95. The number of unbranched alkanes of at least 4 members (excludes halogenated alkanes) is 6. The molecule has 7 heteroatoms. The topological polar surface area (TPSA) is 90.3 Å². The maximum atomic E-state index is 12.8. The molecule has 2 aromatic rings. The number of hydrogen-bond acceptors (Lipinski definition) is 4. The first-order chi connectivity index (χ1) is 14.0. The first kappa shape index (κ1) is 21.3. The number of amides is 2. The molecule has 2 amide bonds. The number of hydrogen-bond donors (Lipinski definition) is 1. The summed E-state index contributed by atoms with van der Waals surface area (Å²) in [6, 6.07) is 5.86. The molecular weight excluding hydrogens is 368 g/mol. The number of rotatable bonds is 10. The molecule has 1 aliphatic heterocycles. The summed E-state index contributed by atoms with van der Waals surface area (Å²) in [5.74, 6) is -0.627. The number of fused-ring (bicyclic) bond motifs is 1. The van der Waals surface area contributed by atoms with Crippen molar-refractivity contribution in [2.45, 2.75) is 70.6 Å². The van der Waals surface area contributed by atoms with Gasteiger partial charge < -0.3 is 5.73 Å². The average molecular weight is 401 g/mol. The molecule has 1 fully saturated rings. The zero-order chi connectivity index (χ0) is 20.8. The van der Waals surface area contributed by atoms with E-state index in [0.717, 1.165) is 36.3 Å². The van der Waals surface area contributed by atoms with E-state index in [1.165, 1.54) is 46.9 Å². The van der Waals surface area contributed by atoms with Gasteiger partial charge in [-0.2, -0.15) is 9.69 Å². The predicted octanol–water partition coefficient (Wildman–Crippen LogP) is 2.75. The smallest absolute Gasteiger partial charge is 0.330 e. The van der Waals surface area contributed by atoms with Gasteiger partial charge in [0.15, 0.2) is 0 Å². The van der Waals surface area contributed by atoms with Crippen molar-refractivity contribution in [2.75, 3.05) is 11.6 Å². The van der Waals surface area contributed by atoms with Gasteiger partial charge in [0.1, 0.15) is 0 Å². The number of nitrogens with zero attached hydrogens (tertiary/aromatic N) is 3. The fraction of sp³-hybridized carbons (Fsp3) is 0.591. The second-order valence-electron chi connectivity index (χ2n) is 7.94. The van der Waals surface area contributed by atoms with E-state index in [-0.39, 0.29) is 17.5 Å². The molecule has 2 heterocycles. The first-order valence-electron chi connectivity index (χ1n) is 10.8. The summed E-state index contributed by atoms with van der Waals surface area (Å²) >= 11 is 0. The quantitative estimate of drug-likeness (QED) is 0.490. The number of piperidine rings is 1. The Balaban J connectivity index is 1.68.